The van der Waals surface area contributed by atoms with Crippen molar-refractivity contribution < 1.29 is 28.6 Å². The summed E-state index contributed by atoms with van der Waals surface area (Å²) in [5, 5.41) is 18.7. The number of rotatable bonds is 13. The van der Waals surface area contributed by atoms with E-state index in [0.29, 0.717) is 24.8 Å². The van der Waals surface area contributed by atoms with Gasteiger partial charge in [0.25, 0.3) is 0 Å². The largest absolute Gasteiger partial charge is 0.480 e. The average molecular weight is 454 g/mol. The van der Waals surface area contributed by atoms with Gasteiger partial charge in [0.15, 0.2) is 17.0 Å². The van der Waals surface area contributed by atoms with Crippen LogP contribution in [0.1, 0.15) is 88.7 Å². The lowest BCUT2D eigenvalue weighted by Gasteiger charge is -2.37. The van der Waals surface area contributed by atoms with Crippen LogP contribution in [0.15, 0.2) is 12.1 Å². The molecule has 1 aliphatic rings. The standard InChI is InChI=1S/C25H37F2NO4/c1-3-4-5-6-7-8-9-10-18-11-12-19(22(27)21(18)26)17-28(2)20-13-15-25(16-14-20,23(29)30)24(31)32/h11-12,20H,3-10,13-17H2,1-2H3,(H,29,30)(H,31,32). The summed E-state index contributed by atoms with van der Waals surface area (Å²) in [5.74, 6) is -4.22. The minimum Gasteiger partial charge on any atom is -0.480 e. The number of halogens is 2. The van der Waals surface area contributed by atoms with Crippen LogP contribution < -0.4 is 0 Å². The number of unbranched alkanes of at least 4 members (excludes halogenated alkanes) is 6. The van der Waals surface area contributed by atoms with Gasteiger partial charge in [0.2, 0.25) is 0 Å². The zero-order valence-electron chi connectivity index (χ0n) is 19.3. The SMILES string of the molecule is CCCCCCCCCc1ccc(CN(C)C2CCC(C(=O)O)(C(=O)O)CC2)c(F)c1F. The summed E-state index contributed by atoms with van der Waals surface area (Å²) in [6.45, 7) is 2.37. The van der Waals surface area contributed by atoms with Crippen LogP contribution in [0.3, 0.4) is 0 Å². The van der Waals surface area contributed by atoms with Crippen molar-refractivity contribution in [1.82, 2.24) is 4.90 Å². The molecule has 1 aliphatic carbocycles. The van der Waals surface area contributed by atoms with E-state index in [1.807, 2.05) is 4.90 Å². The Labute approximate surface area is 189 Å². The van der Waals surface area contributed by atoms with Crippen molar-refractivity contribution in [3.63, 3.8) is 0 Å². The van der Waals surface area contributed by atoms with Crippen LogP contribution in [0.25, 0.3) is 0 Å². The molecular weight excluding hydrogens is 416 g/mol. The molecule has 0 radical (unpaired) electrons. The lowest BCUT2D eigenvalue weighted by atomic mass is 9.72. The van der Waals surface area contributed by atoms with Crippen LogP contribution in [0.2, 0.25) is 0 Å². The van der Waals surface area contributed by atoms with E-state index < -0.39 is 29.0 Å². The molecule has 0 saturated heterocycles. The first-order valence-corrected chi connectivity index (χ1v) is 11.9. The molecule has 0 spiro atoms. The van der Waals surface area contributed by atoms with E-state index in [0.717, 1.165) is 19.3 Å². The van der Waals surface area contributed by atoms with Crippen LogP contribution in [-0.4, -0.2) is 40.1 Å². The second-order valence-electron chi connectivity index (χ2n) is 9.22. The van der Waals surface area contributed by atoms with Gasteiger partial charge in [-0.05, 0) is 51.1 Å². The van der Waals surface area contributed by atoms with Gasteiger partial charge in [-0.1, -0.05) is 57.6 Å². The Morgan fingerprint density at radius 2 is 1.44 bits per heavy atom. The van der Waals surface area contributed by atoms with Crippen molar-refractivity contribution in [3.05, 3.63) is 34.9 Å². The zero-order valence-corrected chi connectivity index (χ0v) is 19.3. The third-order valence-electron chi connectivity index (χ3n) is 6.96. The van der Waals surface area contributed by atoms with Crippen molar-refractivity contribution >= 4 is 11.9 Å². The van der Waals surface area contributed by atoms with Crippen molar-refractivity contribution in [2.75, 3.05) is 7.05 Å². The van der Waals surface area contributed by atoms with Crippen molar-refractivity contribution in [2.24, 2.45) is 5.41 Å². The van der Waals surface area contributed by atoms with E-state index in [-0.39, 0.29) is 31.0 Å². The number of aliphatic carboxylic acids is 2. The molecule has 0 bridgehead atoms. The highest BCUT2D eigenvalue weighted by Gasteiger charge is 2.49. The molecule has 2 N–H and O–H groups in total. The summed E-state index contributed by atoms with van der Waals surface area (Å²) in [5.41, 5.74) is -1.07. The Kier molecular flexibility index (Phi) is 10.1. The van der Waals surface area contributed by atoms with E-state index in [9.17, 15) is 28.6 Å². The minimum absolute atomic E-state index is 0.0287. The predicted octanol–water partition coefficient (Wildman–Crippen LogP) is 5.79. The molecule has 32 heavy (non-hydrogen) atoms. The van der Waals surface area contributed by atoms with E-state index in [1.54, 1.807) is 19.2 Å². The molecule has 0 amide bonds. The monoisotopic (exact) mass is 453 g/mol. The number of aryl methyl sites for hydroxylation is 1. The normalized spacial score (nSPS) is 16.4. The van der Waals surface area contributed by atoms with E-state index in [2.05, 4.69) is 6.92 Å². The van der Waals surface area contributed by atoms with Crippen molar-refractivity contribution in [2.45, 2.75) is 96.6 Å². The van der Waals surface area contributed by atoms with Crippen molar-refractivity contribution in [3.8, 4) is 0 Å². The van der Waals surface area contributed by atoms with Crippen LogP contribution in [0.5, 0.6) is 0 Å². The van der Waals surface area contributed by atoms with Gasteiger partial charge in [-0.3, -0.25) is 14.5 Å². The first-order chi connectivity index (χ1) is 15.2. The van der Waals surface area contributed by atoms with Gasteiger partial charge in [0.1, 0.15) is 0 Å². The van der Waals surface area contributed by atoms with Crippen LogP contribution in [-0.2, 0) is 22.6 Å². The molecular formula is C25H37F2NO4. The quantitative estimate of drug-likeness (QED) is 0.292. The fraction of sp³-hybridized carbons (Fsp3) is 0.680. The molecule has 7 heteroatoms. The summed E-state index contributed by atoms with van der Waals surface area (Å²) in [6, 6.07) is 3.23. The highest BCUT2D eigenvalue weighted by atomic mass is 19.2. The number of carboxylic acid groups (broad SMARTS) is 2. The lowest BCUT2D eigenvalue weighted by Crippen LogP contribution is -2.46. The number of benzene rings is 1. The average Bonchev–Trinajstić information content (AvgIpc) is 2.77. The Balaban J connectivity index is 1.88. The van der Waals surface area contributed by atoms with E-state index in [1.165, 1.54) is 25.7 Å². The molecule has 0 unspecified atom stereocenters. The predicted molar refractivity (Wildman–Crippen MR) is 119 cm³/mol. The molecule has 1 saturated carbocycles. The zero-order chi connectivity index (χ0) is 23.7. The lowest BCUT2D eigenvalue weighted by molar-refractivity contribution is -0.168. The molecule has 0 atom stereocenters. The van der Waals surface area contributed by atoms with E-state index >= 15 is 0 Å². The first kappa shape index (κ1) is 26.2. The van der Waals surface area contributed by atoms with Crippen LogP contribution in [0.4, 0.5) is 8.78 Å². The van der Waals surface area contributed by atoms with Gasteiger partial charge >= 0.3 is 11.9 Å². The Hall–Kier alpha value is -2.02. The fourth-order valence-electron chi connectivity index (χ4n) is 4.67. The number of nitrogens with zero attached hydrogens (tertiary/aromatic N) is 1. The van der Waals surface area contributed by atoms with Gasteiger partial charge in [0.05, 0.1) is 0 Å². The smallest absolute Gasteiger partial charge is 0.321 e. The summed E-state index contributed by atoms with van der Waals surface area (Å²) in [6.07, 6.45) is 9.22. The molecule has 0 heterocycles. The molecule has 180 valence electrons. The van der Waals surface area contributed by atoms with Gasteiger partial charge < -0.3 is 10.2 Å². The number of hydrogen-bond acceptors (Lipinski definition) is 3. The Morgan fingerprint density at radius 3 is 2.00 bits per heavy atom. The fourth-order valence-corrected chi connectivity index (χ4v) is 4.67. The highest BCUT2D eigenvalue weighted by molar-refractivity contribution is 5.98. The molecule has 1 aromatic carbocycles. The molecule has 0 aliphatic heterocycles. The molecule has 1 fully saturated rings. The van der Waals surface area contributed by atoms with Gasteiger partial charge in [0, 0.05) is 18.2 Å². The van der Waals surface area contributed by atoms with Gasteiger partial charge in [-0.2, -0.15) is 0 Å². The highest BCUT2D eigenvalue weighted by Crippen LogP contribution is 2.39. The molecule has 2 rings (SSSR count). The third-order valence-corrected chi connectivity index (χ3v) is 6.96. The maximum Gasteiger partial charge on any atom is 0.321 e. The summed E-state index contributed by atoms with van der Waals surface area (Å²) < 4.78 is 29.3. The number of carboxylic acids is 2. The summed E-state index contributed by atoms with van der Waals surface area (Å²) in [4.78, 5) is 24.8. The summed E-state index contributed by atoms with van der Waals surface area (Å²) >= 11 is 0. The van der Waals surface area contributed by atoms with E-state index in [4.69, 9.17) is 0 Å². The summed E-state index contributed by atoms with van der Waals surface area (Å²) in [7, 11) is 1.78. The minimum atomic E-state index is -1.74. The maximum absolute atomic E-state index is 14.7. The van der Waals surface area contributed by atoms with Gasteiger partial charge in [-0.25, -0.2) is 8.78 Å². The molecule has 1 aromatic rings. The molecule has 5 nitrogen and oxygen atoms in total. The number of carbonyl (C=O) groups is 2. The first-order valence-electron chi connectivity index (χ1n) is 11.9. The molecule has 0 aromatic heterocycles. The Bertz CT molecular complexity index is 759. The van der Waals surface area contributed by atoms with Gasteiger partial charge in [-0.15, -0.1) is 0 Å². The third kappa shape index (κ3) is 6.50. The second kappa shape index (κ2) is 12.3. The van der Waals surface area contributed by atoms with Crippen LogP contribution in [0, 0.1) is 17.0 Å². The van der Waals surface area contributed by atoms with Crippen molar-refractivity contribution in [1.29, 1.82) is 0 Å². The maximum atomic E-state index is 14.7. The number of hydrogen-bond donors (Lipinski definition) is 2. The van der Waals surface area contributed by atoms with Crippen LogP contribution >= 0.6 is 0 Å². The topological polar surface area (TPSA) is 77.8 Å². The second-order valence-corrected chi connectivity index (χ2v) is 9.22. The Morgan fingerprint density at radius 1 is 0.938 bits per heavy atom.